The number of anilines is 1. The molecule has 0 fully saturated rings. The van der Waals surface area contributed by atoms with Gasteiger partial charge in [0.1, 0.15) is 17.0 Å². The first kappa shape index (κ1) is 20.5. The minimum Gasteiger partial charge on any atom is -0.370 e. The molecule has 5 nitrogen and oxygen atoms in total. The molecular weight excluding hydrogens is 380 g/mol. The van der Waals surface area contributed by atoms with Crippen molar-refractivity contribution in [2.75, 3.05) is 18.0 Å². The van der Waals surface area contributed by atoms with Crippen LogP contribution in [0.1, 0.15) is 70.7 Å². The molecule has 0 saturated carbocycles. The molecule has 0 aromatic carbocycles. The van der Waals surface area contributed by atoms with Crippen LogP contribution in [0.3, 0.4) is 0 Å². The second-order valence-corrected chi connectivity index (χ2v) is 9.58. The Labute approximate surface area is 177 Å². The van der Waals surface area contributed by atoms with Crippen molar-refractivity contribution in [2.24, 2.45) is 0 Å². The highest BCUT2D eigenvalue weighted by molar-refractivity contribution is 7.26. The number of nitrogens with zero attached hydrogens (tertiary/aromatic N) is 4. The maximum absolute atomic E-state index is 6.16. The molecule has 1 aliphatic heterocycles. The molecule has 0 radical (unpaired) electrons. The molecule has 4 heterocycles. The summed E-state index contributed by atoms with van der Waals surface area (Å²) in [5, 5.41) is 1.23. The third-order valence-electron chi connectivity index (χ3n) is 5.84. The molecule has 29 heavy (non-hydrogen) atoms. The average Bonchev–Trinajstić information content (AvgIpc) is 3.07. The Morgan fingerprint density at radius 2 is 1.97 bits per heavy atom. The fourth-order valence-corrected chi connectivity index (χ4v) is 5.49. The van der Waals surface area contributed by atoms with Gasteiger partial charge in [-0.3, -0.25) is 0 Å². The zero-order valence-corrected chi connectivity index (χ0v) is 19.2. The first-order chi connectivity index (χ1) is 14.0. The van der Waals surface area contributed by atoms with Crippen LogP contribution >= 0.6 is 11.3 Å². The Kier molecular flexibility index (Phi) is 5.76. The first-order valence-electron chi connectivity index (χ1n) is 11.0. The fraction of sp³-hybridized carbons (Fsp3) is 0.609. The largest absolute Gasteiger partial charge is 0.370 e. The van der Waals surface area contributed by atoms with Crippen molar-refractivity contribution in [3.8, 4) is 0 Å². The monoisotopic (exact) mass is 412 g/mol. The van der Waals surface area contributed by atoms with Gasteiger partial charge in [0.05, 0.1) is 22.4 Å². The van der Waals surface area contributed by atoms with E-state index in [0.29, 0.717) is 6.61 Å². The maximum atomic E-state index is 6.16. The smallest absolute Gasteiger partial charge is 0.150 e. The molecule has 156 valence electrons. The summed E-state index contributed by atoms with van der Waals surface area (Å²) in [7, 11) is 0. The molecule has 0 spiro atoms. The Morgan fingerprint density at radius 3 is 2.69 bits per heavy atom. The summed E-state index contributed by atoms with van der Waals surface area (Å²) in [6.07, 6.45) is 7.06. The van der Waals surface area contributed by atoms with Crippen molar-refractivity contribution in [1.82, 2.24) is 15.0 Å². The van der Waals surface area contributed by atoms with Gasteiger partial charge >= 0.3 is 0 Å². The van der Waals surface area contributed by atoms with Crippen molar-refractivity contribution < 1.29 is 4.74 Å². The number of hydrogen-bond donors (Lipinski definition) is 0. The number of rotatable bonds is 7. The molecule has 0 atom stereocenters. The number of ether oxygens (including phenoxy) is 1. The van der Waals surface area contributed by atoms with Crippen molar-refractivity contribution in [1.29, 1.82) is 0 Å². The van der Waals surface area contributed by atoms with E-state index in [1.807, 2.05) is 0 Å². The quantitative estimate of drug-likeness (QED) is 0.500. The van der Waals surface area contributed by atoms with Gasteiger partial charge in [-0.1, -0.05) is 26.7 Å². The van der Waals surface area contributed by atoms with Crippen LogP contribution in [-0.4, -0.2) is 33.6 Å². The number of pyridine rings is 1. The number of fused-ring (bicyclic) bond motifs is 5. The SMILES string of the molecule is CCCCN(CC)c1ncnc2c1sc1nc(CCC)c3c(c12)CC(C)(C)OC3. The summed E-state index contributed by atoms with van der Waals surface area (Å²) in [6.45, 7) is 13.6. The summed E-state index contributed by atoms with van der Waals surface area (Å²) < 4.78 is 7.34. The van der Waals surface area contributed by atoms with Crippen LogP contribution in [0.5, 0.6) is 0 Å². The molecule has 1 aliphatic rings. The number of unbranched alkanes of at least 4 members (excludes halogenated alkanes) is 1. The third-order valence-corrected chi connectivity index (χ3v) is 6.91. The second kappa shape index (κ2) is 8.15. The number of hydrogen-bond acceptors (Lipinski definition) is 6. The van der Waals surface area contributed by atoms with Crippen LogP contribution in [0.25, 0.3) is 20.4 Å². The summed E-state index contributed by atoms with van der Waals surface area (Å²) in [6, 6.07) is 0. The van der Waals surface area contributed by atoms with Gasteiger partial charge in [-0.05, 0) is 39.2 Å². The highest BCUT2D eigenvalue weighted by Crippen LogP contribution is 2.42. The third kappa shape index (κ3) is 3.73. The zero-order valence-electron chi connectivity index (χ0n) is 18.3. The lowest BCUT2D eigenvalue weighted by atomic mass is 9.88. The lowest BCUT2D eigenvalue weighted by Crippen LogP contribution is -2.32. The summed E-state index contributed by atoms with van der Waals surface area (Å²) in [5.74, 6) is 1.06. The lowest BCUT2D eigenvalue weighted by molar-refractivity contribution is -0.0401. The van der Waals surface area contributed by atoms with Crippen molar-refractivity contribution >= 4 is 37.6 Å². The van der Waals surface area contributed by atoms with Crippen molar-refractivity contribution in [2.45, 2.75) is 78.9 Å². The van der Waals surface area contributed by atoms with Crippen LogP contribution in [-0.2, 0) is 24.2 Å². The highest BCUT2D eigenvalue weighted by atomic mass is 32.1. The zero-order chi connectivity index (χ0) is 20.6. The van der Waals surface area contributed by atoms with Gasteiger partial charge < -0.3 is 9.64 Å². The van der Waals surface area contributed by atoms with Gasteiger partial charge in [-0.2, -0.15) is 0 Å². The fourth-order valence-electron chi connectivity index (χ4n) is 4.29. The lowest BCUT2D eigenvalue weighted by Gasteiger charge is -2.33. The minimum absolute atomic E-state index is 0.161. The number of aromatic nitrogens is 3. The van der Waals surface area contributed by atoms with Gasteiger partial charge in [-0.25, -0.2) is 15.0 Å². The first-order valence-corrected chi connectivity index (χ1v) is 11.8. The molecule has 0 bridgehead atoms. The average molecular weight is 413 g/mol. The van der Waals surface area contributed by atoms with E-state index in [-0.39, 0.29) is 5.60 Å². The normalized spacial score (nSPS) is 15.8. The standard InChI is InChI=1S/C23H32N4OS/c1-6-9-11-27(8-3)21-20-19(24-14-25-21)18-15-12-23(4,5)28-13-16(15)17(10-7-2)26-22(18)29-20/h14H,6-13H2,1-5H3. The Hall–Kier alpha value is -1.79. The van der Waals surface area contributed by atoms with Crippen LogP contribution in [0.15, 0.2) is 6.33 Å². The minimum atomic E-state index is -0.161. The molecule has 3 aromatic heterocycles. The predicted molar refractivity (Wildman–Crippen MR) is 122 cm³/mol. The summed E-state index contributed by atoms with van der Waals surface area (Å²) >= 11 is 1.76. The topological polar surface area (TPSA) is 51.1 Å². The summed E-state index contributed by atoms with van der Waals surface area (Å²) in [5.41, 5.74) is 4.78. The maximum Gasteiger partial charge on any atom is 0.150 e. The molecule has 0 saturated heterocycles. The number of aryl methyl sites for hydroxylation is 1. The van der Waals surface area contributed by atoms with Crippen molar-refractivity contribution in [3.05, 3.63) is 23.1 Å². The van der Waals surface area contributed by atoms with Gasteiger partial charge in [0.2, 0.25) is 0 Å². The molecule has 3 aromatic rings. The summed E-state index contributed by atoms with van der Waals surface area (Å²) in [4.78, 5) is 18.0. The van der Waals surface area contributed by atoms with Crippen LogP contribution in [0.2, 0.25) is 0 Å². The molecule has 0 aliphatic carbocycles. The van der Waals surface area contributed by atoms with Gasteiger partial charge in [0, 0.05) is 36.2 Å². The van der Waals surface area contributed by atoms with E-state index in [1.54, 1.807) is 17.7 Å². The Bertz CT molecular complexity index is 1030. The van der Waals surface area contributed by atoms with E-state index in [2.05, 4.69) is 39.5 Å². The van der Waals surface area contributed by atoms with Gasteiger partial charge in [-0.15, -0.1) is 11.3 Å². The van der Waals surface area contributed by atoms with Gasteiger partial charge in [0.15, 0.2) is 0 Å². The van der Waals surface area contributed by atoms with Crippen LogP contribution in [0, 0.1) is 0 Å². The van der Waals surface area contributed by atoms with Crippen LogP contribution < -0.4 is 4.90 Å². The number of thiophene rings is 1. The van der Waals surface area contributed by atoms with E-state index in [1.165, 1.54) is 39.7 Å². The molecular formula is C23H32N4OS. The highest BCUT2D eigenvalue weighted by Gasteiger charge is 2.31. The Balaban J connectivity index is 1.96. The molecule has 0 unspecified atom stereocenters. The van der Waals surface area contributed by atoms with E-state index in [4.69, 9.17) is 19.7 Å². The van der Waals surface area contributed by atoms with E-state index in [0.717, 1.165) is 48.5 Å². The van der Waals surface area contributed by atoms with E-state index in [9.17, 15) is 0 Å². The van der Waals surface area contributed by atoms with E-state index >= 15 is 0 Å². The molecule has 0 N–H and O–H groups in total. The van der Waals surface area contributed by atoms with Crippen LogP contribution in [0.4, 0.5) is 5.82 Å². The van der Waals surface area contributed by atoms with Crippen molar-refractivity contribution in [3.63, 3.8) is 0 Å². The Morgan fingerprint density at radius 1 is 1.14 bits per heavy atom. The van der Waals surface area contributed by atoms with E-state index < -0.39 is 0 Å². The van der Waals surface area contributed by atoms with Gasteiger partial charge in [0.25, 0.3) is 0 Å². The second-order valence-electron chi connectivity index (χ2n) is 8.58. The molecule has 6 heteroatoms. The molecule has 4 rings (SSSR count). The predicted octanol–water partition coefficient (Wildman–Crippen LogP) is 5.67. The molecule has 0 amide bonds.